The lowest BCUT2D eigenvalue weighted by Gasteiger charge is -2.32. The average molecular weight is 312 g/mol. The summed E-state index contributed by atoms with van der Waals surface area (Å²) in [5.41, 5.74) is 1.11. The van der Waals surface area contributed by atoms with E-state index in [2.05, 4.69) is 35.6 Å². The highest BCUT2D eigenvalue weighted by atomic mass is 16.3. The van der Waals surface area contributed by atoms with Crippen molar-refractivity contribution in [3.8, 4) is 0 Å². The van der Waals surface area contributed by atoms with Crippen LogP contribution in [0.5, 0.6) is 0 Å². The van der Waals surface area contributed by atoms with Crippen LogP contribution in [0.3, 0.4) is 0 Å². The number of carbonyl (C=O) groups is 1. The topological polar surface area (TPSA) is 52.6 Å². The first kappa shape index (κ1) is 15.8. The van der Waals surface area contributed by atoms with Gasteiger partial charge in [-0.05, 0) is 48.1 Å². The molecule has 0 spiro atoms. The molecule has 1 unspecified atom stereocenters. The number of aliphatic hydroxyl groups excluding tert-OH is 1. The van der Waals surface area contributed by atoms with Crippen molar-refractivity contribution in [2.45, 2.75) is 25.8 Å². The van der Waals surface area contributed by atoms with Gasteiger partial charge in [-0.15, -0.1) is 0 Å². The number of amides is 2. The van der Waals surface area contributed by atoms with Crippen LogP contribution >= 0.6 is 0 Å². The van der Waals surface area contributed by atoms with Gasteiger partial charge < -0.3 is 15.3 Å². The zero-order valence-electron chi connectivity index (χ0n) is 13.5. The Morgan fingerprint density at radius 3 is 2.61 bits per heavy atom. The van der Waals surface area contributed by atoms with E-state index >= 15 is 0 Å². The van der Waals surface area contributed by atoms with Gasteiger partial charge in [-0.25, -0.2) is 4.79 Å². The number of rotatable bonds is 3. The summed E-state index contributed by atoms with van der Waals surface area (Å²) < 4.78 is 0. The van der Waals surface area contributed by atoms with E-state index in [4.69, 9.17) is 0 Å². The molecule has 2 aromatic rings. The maximum Gasteiger partial charge on any atom is 0.317 e. The molecule has 3 rings (SSSR count). The molecule has 0 bridgehead atoms. The summed E-state index contributed by atoms with van der Waals surface area (Å²) in [6, 6.07) is 14.5. The molecule has 1 aliphatic rings. The Bertz CT molecular complexity index is 678. The van der Waals surface area contributed by atoms with Crippen molar-refractivity contribution in [1.29, 1.82) is 0 Å². The lowest BCUT2D eigenvalue weighted by Crippen LogP contribution is -2.45. The normalized spacial score (nSPS) is 17.2. The molecule has 0 aromatic heterocycles. The smallest absolute Gasteiger partial charge is 0.317 e. The summed E-state index contributed by atoms with van der Waals surface area (Å²) in [5.74, 6) is 0.344. The van der Waals surface area contributed by atoms with E-state index in [0.29, 0.717) is 5.92 Å². The number of benzene rings is 2. The van der Waals surface area contributed by atoms with Gasteiger partial charge in [-0.1, -0.05) is 36.4 Å². The predicted octanol–water partition coefficient (Wildman–Crippen LogP) is 3.31. The van der Waals surface area contributed by atoms with Crippen molar-refractivity contribution in [2.75, 3.05) is 19.7 Å². The van der Waals surface area contributed by atoms with E-state index in [-0.39, 0.29) is 18.7 Å². The van der Waals surface area contributed by atoms with Gasteiger partial charge in [0.2, 0.25) is 0 Å². The van der Waals surface area contributed by atoms with Crippen molar-refractivity contribution in [3.63, 3.8) is 0 Å². The van der Waals surface area contributed by atoms with Gasteiger partial charge in [-0.3, -0.25) is 0 Å². The molecule has 1 atom stereocenters. The van der Waals surface area contributed by atoms with Crippen LogP contribution in [0.1, 0.15) is 31.4 Å². The molecule has 0 radical (unpaired) electrons. The van der Waals surface area contributed by atoms with Gasteiger partial charge in [0, 0.05) is 19.7 Å². The fourth-order valence-electron chi connectivity index (χ4n) is 3.16. The number of nitrogens with zero attached hydrogens (tertiary/aromatic N) is 1. The van der Waals surface area contributed by atoms with E-state index in [1.807, 2.05) is 24.0 Å². The third kappa shape index (κ3) is 3.64. The lowest BCUT2D eigenvalue weighted by atomic mass is 9.98. The maximum absolute atomic E-state index is 12.4. The maximum atomic E-state index is 12.4. The Hall–Kier alpha value is -2.07. The molecule has 2 amide bonds. The van der Waals surface area contributed by atoms with Crippen molar-refractivity contribution >= 4 is 16.8 Å². The number of nitrogens with one attached hydrogen (secondary N) is 1. The molecule has 4 nitrogen and oxygen atoms in total. The van der Waals surface area contributed by atoms with E-state index in [0.717, 1.165) is 31.5 Å². The Balaban J connectivity index is 1.63. The zero-order valence-corrected chi connectivity index (χ0v) is 13.5. The monoisotopic (exact) mass is 312 g/mol. The molecule has 1 aliphatic heterocycles. The van der Waals surface area contributed by atoms with Crippen LogP contribution in [0.15, 0.2) is 42.5 Å². The number of likely N-dealkylation sites (tertiary alicyclic amines) is 1. The number of urea groups is 1. The summed E-state index contributed by atoms with van der Waals surface area (Å²) >= 11 is 0. The van der Waals surface area contributed by atoms with Crippen LogP contribution in [0.2, 0.25) is 0 Å². The molecule has 2 aromatic carbocycles. The summed E-state index contributed by atoms with van der Waals surface area (Å²) in [6.07, 6.45) is 1.77. The van der Waals surface area contributed by atoms with Gasteiger partial charge >= 0.3 is 6.03 Å². The standard InChI is InChI=1S/C19H24N2O2/c1-14(17-7-6-16-4-2-3-5-18(16)12-17)20-19(23)21-10-8-15(13-22)9-11-21/h2-7,12,14-15,22H,8-11,13H2,1H3,(H,20,23). The molecule has 0 aliphatic carbocycles. The SMILES string of the molecule is CC(NC(=O)N1CCC(CO)CC1)c1ccc2ccccc2c1. The molecule has 4 heteroatoms. The highest BCUT2D eigenvalue weighted by Gasteiger charge is 2.23. The highest BCUT2D eigenvalue weighted by molar-refractivity contribution is 5.83. The second kappa shape index (κ2) is 7.01. The minimum absolute atomic E-state index is 0.0120. The third-order valence-corrected chi connectivity index (χ3v) is 4.77. The van der Waals surface area contributed by atoms with Gasteiger partial charge in [-0.2, -0.15) is 0 Å². The molecule has 1 fully saturated rings. The lowest BCUT2D eigenvalue weighted by molar-refractivity contribution is 0.136. The van der Waals surface area contributed by atoms with Crippen molar-refractivity contribution in [3.05, 3.63) is 48.0 Å². The summed E-state index contributed by atoms with van der Waals surface area (Å²) in [7, 11) is 0. The number of fused-ring (bicyclic) bond motifs is 1. The molecule has 0 saturated carbocycles. The van der Waals surface area contributed by atoms with Crippen LogP contribution in [0.4, 0.5) is 4.79 Å². The minimum atomic E-state index is -0.0253. The number of carbonyl (C=O) groups excluding carboxylic acids is 1. The number of hydrogen-bond acceptors (Lipinski definition) is 2. The van der Waals surface area contributed by atoms with Crippen molar-refractivity contribution < 1.29 is 9.90 Å². The first-order valence-corrected chi connectivity index (χ1v) is 8.32. The Morgan fingerprint density at radius 2 is 1.91 bits per heavy atom. The van der Waals surface area contributed by atoms with E-state index < -0.39 is 0 Å². The van der Waals surface area contributed by atoms with E-state index in [1.54, 1.807) is 0 Å². The van der Waals surface area contributed by atoms with Crippen LogP contribution in [0, 0.1) is 5.92 Å². The van der Waals surface area contributed by atoms with Crippen LogP contribution in [0.25, 0.3) is 10.8 Å². The highest BCUT2D eigenvalue weighted by Crippen LogP contribution is 2.21. The summed E-state index contributed by atoms with van der Waals surface area (Å²) in [5, 5.41) is 14.7. The summed E-state index contributed by atoms with van der Waals surface area (Å²) in [4.78, 5) is 14.2. The molecular weight excluding hydrogens is 288 g/mol. The average Bonchev–Trinajstić information content (AvgIpc) is 2.61. The summed E-state index contributed by atoms with van der Waals surface area (Å²) in [6.45, 7) is 3.69. The number of piperidine rings is 1. The molecule has 1 heterocycles. The Labute approximate surface area is 137 Å². The first-order valence-electron chi connectivity index (χ1n) is 8.32. The van der Waals surface area contributed by atoms with Gasteiger partial charge in [0.1, 0.15) is 0 Å². The third-order valence-electron chi connectivity index (χ3n) is 4.77. The molecular formula is C19H24N2O2. The quantitative estimate of drug-likeness (QED) is 0.913. The largest absolute Gasteiger partial charge is 0.396 e. The van der Waals surface area contributed by atoms with Crippen LogP contribution in [-0.2, 0) is 0 Å². The van der Waals surface area contributed by atoms with Gasteiger partial charge in [0.05, 0.1) is 6.04 Å². The van der Waals surface area contributed by atoms with Gasteiger partial charge in [0.15, 0.2) is 0 Å². The second-order valence-corrected chi connectivity index (χ2v) is 6.39. The minimum Gasteiger partial charge on any atom is -0.396 e. The Kier molecular flexibility index (Phi) is 4.82. The van der Waals surface area contributed by atoms with Crippen LogP contribution in [-0.4, -0.2) is 35.7 Å². The molecule has 2 N–H and O–H groups in total. The fraction of sp³-hybridized carbons (Fsp3) is 0.421. The molecule has 1 saturated heterocycles. The second-order valence-electron chi connectivity index (χ2n) is 6.39. The Morgan fingerprint density at radius 1 is 1.22 bits per heavy atom. The van der Waals surface area contributed by atoms with Crippen LogP contribution < -0.4 is 5.32 Å². The predicted molar refractivity (Wildman–Crippen MR) is 92.3 cm³/mol. The van der Waals surface area contributed by atoms with Crippen molar-refractivity contribution in [2.24, 2.45) is 5.92 Å². The zero-order chi connectivity index (χ0) is 16.2. The fourth-order valence-corrected chi connectivity index (χ4v) is 3.16. The molecule has 122 valence electrons. The molecule has 23 heavy (non-hydrogen) atoms. The first-order chi connectivity index (χ1) is 11.2. The van der Waals surface area contributed by atoms with E-state index in [9.17, 15) is 9.90 Å². The van der Waals surface area contributed by atoms with E-state index in [1.165, 1.54) is 10.8 Å². The number of aliphatic hydroxyl groups is 1. The van der Waals surface area contributed by atoms with Crippen molar-refractivity contribution in [1.82, 2.24) is 10.2 Å². The number of hydrogen-bond donors (Lipinski definition) is 2. The van der Waals surface area contributed by atoms with Gasteiger partial charge in [0.25, 0.3) is 0 Å².